The smallest absolute Gasteiger partial charge is 0.123 e. The molecule has 0 aromatic heterocycles. The number of hydroxylamine groups is 1. The van der Waals surface area contributed by atoms with Crippen LogP contribution in [0.15, 0.2) is 35.5 Å². The van der Waals surface area contributed by atoms with Gasteiger partial charge in [0.1, 0.15) is 5.82 Å². The molecule has 0 radical (unpaired) electrons. The molecule has 2 fully saturated rings. The van der Waals surface area contributed by atoms with Crippen LogP contribution in [-0.2, 0) is 4.84 Å². The maximum atomic E-state index is 13.3. The Morgan fingerprint density at radius 1 is 1.35 bits per heavy atom. The summed E-state index contributed by atoms with van der Waals surface area (Å²) in [6.45, 7) is 2.07. The molecule has 0 saturated carbocycles. The number of fused-ring (bicyclic) bond motifs is 2. The Bertz CT molecular complexity index is 587. The first-order chi connectivity index (χ1) is 11.1. The summed E-state index contributed by atoms with van der Waals surface area (Å²) in [7, 11) is 3.68. The number of hydrogen-bond acceptors (Lipinski definition) is 4. The molecule has 0 aliphatic carbocycles. The predicted molar refractivity (Wildman–Crippen MR) is 87.2 cm³/mol. The van der Waals surface area contributed by atoms with Gasteiger partial charge >= 0.3 is 0 Å². The molecule has 2 N–H and O–H groups in total. The fraction of sp³-hybridized carbons (Fsp3) is 0.556. The number of piperidine rings is 1. The molecular formula is C18H25FN2O2. The van der Waals surface area contributed by atoms with Crippen LogP contribution < -0.4 is 5.48 Å². The van der Waals surface area contributed by atoms with Crippen molar-refractivity contribution >= 4 is 0 Å². The molecule has 4 atom stereocenters. The lowest BCUT2D eigenvalue weighted by Gasteiger charge is -2.40. The van der Waals surface area contributed by atoms with E-state index >= 15 is 0 Å². The standard InChI is InChI=1S/C18H25FN2O2/c1-4-15(20-23-3)17-14(11-5-7-12(19)8-6-11)9-13-10-16(22)18(17)21(13)2/h5-8,13-14,16,18,20,22H,4,9-10H2,1-3H3/t13?,14-,16?,18+/m1/s1. The summed E-state index contributed by atoms with van der Waals surface area (Å²) in [5.74, 6) is -0.0440. The highest BCUT2D eigenvalue weighted by Gasteiger charge is 2.48. The summed E-state index contributed by atoms with van der Waals surface area (Å²) >= 11 is 0. The van der Waals surface area contributed by atoms with E-state index in [4.69, 9.17) is 4.84 Å². The third kappa shape index (κ3) is 2.89. The molecule has 2 unspecified atom stereocenters. The lowest BCUT2D eigenvalue weighted by atomic mass is 9.79. The molecule has 1 aromatic rings. The summed E-state index contributed by atoms with van der Waals surface area (Å²) in [5.41, 5.74) is 6.29. The Balaban J connectivity index is 2.07. The van der Waals surface area contributed by atoms with Crippen LogP contribution in [0.3, 0.4) is 0 Å². The topological polar surface area (TPSA) is 44.7 Å². The molecule has 2 bridgehead atoms. The first-order valence-corrected chi connectivity index (χ1v) is 8.24. The van der Waals surface area contributed by atoms with Gasteiger partial charge in [0.25, 0.3) is 0 Å². The molecule has 0 amide bonds. The maximum Gasteiger partial charge on any atom is 0.123 e. The van der Waals surface area contributed by atoms with E-state index < -0.39 is 0 Å². The molecule has 2 saturated heterocycles. The van der Waals surface area contributed by atoms with E-state index in [0.717, 1.165) is 30.5 Å². The Morgan fingerprint density at radius 2 is 2.04 bits per heavy atom. The predicted octanol–water partition coefficient (Wildman–Crippen LogP) is 2.56. The minimum Gasteiger partial charge on any atom is -0.391 e. The van der Waals surface area contributed by atoms with Gasteiger partial charge in [0.15, 0.2) is 0 Å². The van der Waals surface area contributed by atoms with Crippen LogP contribution in [0.5, 0.6) is 0 Å². The summed E-state index contributed by atoms with van der Waals surface area (Å²) in [5, 5.41) is 10.6. The lowest BCUT2D eigenvalue weighted by molar-refractivity contribution is 0.101. The van der Waals surface area contributed by atoms with E-state index in [2.05, 4.69) is 24.4 Å². The molecule has 3 rings (SSSR count). The Kier molecular flexibility index (Phi) is 4.71. The molecule has 4 nitrogen and oxygen atoms in total. The van der Waals surface area contributed by atoms with Gasteiger partial charge in [0, 0.05) is 17.7 Å². The highest BCUT2D eigenvalue weighted by Crippen LogP contribution is 2.47. The van der Waals surface area contributed by atoms with Crippen molar-refractivity contribution in [3.63, 3.8) is 0 Å². The monoisotopic (exact) mass is 320 g/mol. The largest absolute Gasteiger partial charge is 0.391 e. The number of benzene rings is 1. The number of aliphatic hydroxyl groups is 1. The van der Waals surface area contributed by atoms with Gasteiger partial charge in [0.05, 0.1) is 19.3 Å². The van der Waals surface area contributed by atoms with Crippen LogP contribution in [0.1, 0.15) is 37.7 Å². The molecule has 126 valence electrons. The normalized spacial score (nSPS) is 32.9. The fourth-order valence-corrected chi connectivity index (χ4v) is 4.22. The maximum absolute atomic E-state index is 13.3. The number of hydrogen-bond donors (Lipinski definition) is 2. The van der Waals surface area contributed by atoms with Crippen molar-refractivity contribution in [3.05, 3.63) is 46.9 Å². The van der Waals surface area contributed by atoms with Crippen LogP contribution in [0.2, 0.25) is 0 Å². The number of rotatable bonds is 4. The number of likely N-dealkylation sites (N-methyl/N-ethyl adjacent to an activating group) is 1. The van der Waals surface area contributed by atoms with E-state index in [9.17, 15) is 9.50 Å². The fourth-order valence-electron chi connectivity index (χ4n) is 4.22. The van der Waals surface area contributed by atoms with Crippen LogP contribution >= 0.6 is 0 Å². The summed E-state index contributed by atoms with van der Waals surface area (Å²) < 4.78 is 13.3. The third-order valence-corrected chi connectivity index (χ3v) is 5.29. The van der Waals surface area contributed by atoms with E-state index in [1.807, 2.05) is 12.1 Å². The summed E-state index contributed by atoms with van der Waals surface area (Å²) in [4.78, 5) is 7.43. The summed E-state index contributed by atoms with van der Waals surface area (Å²) in [6, 6.07) is 7.09. The quantitative estimate of drug-likeness (QED) is 0.837. The second-order valence-electron chi connectivity index (χ2n) is 6.50. The molecule has 0 spiro atoms. The number of nitrogens with one attached hydrogen (secondary N) is 1. The van der Waals surface area contributed by atoms with Crippen LogP contribution in [0.4, 0.5) is 4.39 Å². The van der Waals surface area contributed by atoms with E-state index in [1.165, 1.54) is 17.7 Å². The van der Waals surface area contributed by atoms with Gasteiger partial charge in [-0.3, -0.25) is 15.2 Å². The molecule has 5 heteroatoms. The van der Waals surface area contributed by atoms with Gasteiger partial charge in [-0.05, 0) is 49.6 Å². The molecule has 2 aliphatic rings. The number of nitrogens with zero attached hydrogens (tertiary/aromatic N) is 1. The zero-order chi connectivity index (χ0) is 16.6. The minimum absolute atomic E-state index is 0.0126. The van der Waals surface area contributed by atoms with Crippen molar-refractivity contribution < 1.29 is 14.3 Å². The van der Waals surface area contributed by atoms with Crippen molar-refractivity contribution in [2.45, 2.75) is 50.3 Å². The van der Waals surface area contributed by atoms with Gasteiger partial charge in [0.2, 0.25) is 0 Å². The first-order valence-electron chi connectivity index (χ1n) is 8.24. The van der Waals surface area contributed by atoms with Gasteiger partial charge in [-0.25, -0.2) is 4.39 Å². The molecular weight excluding hydrogens is 295 g/mol. The SMILES string of the molecule is CCC(NOC)=C1[C@@H]2C(O)CC(C[C@@H]1c1ccc(F)cc1)N2C. The third-order valence-electron chi connectivity index (χ3n) is 5.29. The average molecular weight is 320 g/mol. The first kappa shape index (κ1) is 16.4. The highest BCUT2D eigenvalue weighted by molar-refractivity contribution is 5.39. The van der Waals surface area contributed by atoms with Gasteiger partial charge < -0.3 is 5.11 Å². The van der Waals surface area contributed by atoms with E-state index in [0.29, 0.717) is 6.04 Å². The average Bonchev–Trinajstić information content (AvgIpc) is 2.72. The number of aliphatic hydroxyl groups excluding tert-OH is 1. The Labute approximate surface area is 136 Å². The van der Waals surface area contributed by atoms with Crippen molar-refractivity contribution in [1.29, 1.82) is 0 Å². The summed E-state index contributed by atoms with van der Waals surface area (Å²) in [6.07, 6.45) is 2.14. The Morgan fingerprint density at radius 3 is 2.65 bits per heavy atom. The number of allylic oxidation sites excluding steroid dienone is 1. The van der Waals surface area contributed by atoms with Crippen molar-refractivity contribution in [1.82, 2.24) is 10.4 Å². The second-order valence-corrected chi connectivity index (χ2v) is 6.50. The van der Waals surface area contributed by atoms with E-state index in [1.54, 1.807) is 7.11 Å². The number of halogens is 1. The van der Waals surface area contributed by atoms with Gasteiger partial charge in [-0.1, -0.05) is 19.1 Å². The second kappa shape index (κ2) is 6.59. The van der Waals surface area contributed by atoms with Gasteiger partial charge in [-0.2, -0.15) is 0 Å². The van der Waals surface area contributed by atoms with E-state index in [-0.39, 0.29) is 23.9 Å². The molecule has 2 heterocycles. The lowest BCUT2D eigenvalue weighted by Crippen LogP contribution is -2.45. The zero-order valence-electron chi connectivity index (χ0n) is 13.9. The van der Waals surface area contributed by atoms with Crippen molar-refractivity contribution in [2.75, 3.05) is 14.2 Å². The van der Waals surface area contributed by atoms with Crippen LogP contribution in [-0.4, -0.2) is 42.4 Å². The minimum atomic E-state index is -0.370. The molecule has 2 aliphatic heterocycles. The van der Waals surface area contributed by atoms with Crippen LogP contribution in [0, 0.1) is 5.82 Å². The Hall–Kier alpha value is -1.43. The van der Waals surface area contributed by atoms with Crippen molar-refractivity contribution in [3.8, 4) is 0 Å². The van der Waals surface area contributed by atoms with Crippen LogP contribution in [0.25, 0.3) is 0 Å². The van der Waals surface area contributed by atoms with Gasteiger partial charge in [-0.15, -0.1) is 0 Å². The van der Waals surface area contributed by atoms with Crippen molar-refractivity contribution in [2.24, 2.45) is 0 Å². The molecule has 1 aromatic carbocycles. The molecule has 23 heavy (non-hydrogen) atoms. The highest BCUT2D eigenvalue weighted by atomic mass is 19.1. The zero-order valence-corrected chi connectivity index (χ0v) is 13.9.